The SMILES string of the molecule is [2H]c1c([2H])c([2H])c(N(c2ccc(Oc3ccccc3)cc2)c2ccc(-c3cccc4oc5c(-c6ccccc6)c6ccccc6n5c34)cc2)c([2H])c1[2H]. The Morgan fingerprint density at radius 1 is 0.542 bits per heavy atom. The van der Waals surface area contributed by atoms with Crippen LogP contribution in [0.25, 0.3) is 50.0 Å². The van der Waals surface area contributed by atoms with Crippen molar-refractivity contribution < 1.29 is 16.0 Å². The fourth-order valence-electron chi connectivity index (χ4n) is 6.43. The van der Waals surface area contributed by atoms with Crippen LogP contribution >= 0.6 is 0 Å². The van der Waals surface area contributed by atoms with Gasteiger partial charge in [0.05, 0.1) is 23.5 Å². The largest absolute Gasteiger partial charge is 0.457 e. The molecule has 0 amide bonds. The summed E-state index contributed by atoms with van der Waals surface area (Å²) in [6.45, 7) is 0. The van der Waals surface area contributed by atoms with Crippen LogP contribution in [-0.4, -0.2) is 4.40 Å². The molecule has 48 heavy (non-hydrogen) atoms. The molecular weight excluding hydrogens is 588 g/mol. The van der Waals surface area contributed by atoms with Gasteiger partial charge in [-0.25, -0.2) is 0 Å². The molecule has 0 atom stereocenters. The Balaban J connectivity index is 1.18. The van der Waals surface area contributed by atoms with E-state index < -0.39 is 18.1 Å². The molecule has 0 aliphatic carbocycles. The van der Waals surface area contributed by atoms with Crippen LogP contribution in [0.5, 0.6) is 11.5 Å². The molecule has 2 aromatic heterocycles. The third kappa shape index (κ3) is 4.79. The fourth-order valence-corrected chi connectivity index (χ4v) is 6.43. The second-order valence-electron chi connectivity index (χ2n) is 11.4. The number of hydrogen-bond acceptors (Lipinski definition) is 3. The fraction of sp³-hybridized carbons (Fsp3) is 0. The molecule has 0 saturated carbocycles. The van der Waals surface area contributed by atoms with Gasteiger partial charge in [-0.1, -0.05) is 109 Å². The van der Waals surface area contributed by atoms with Gasteiger partial charge < -0.3 is 14.1 Å². The van der Waals surface area contributed by atoms with E-state index in [2.05, 4.69) is 34.7 Å². The molecule has 4 heteroatoms. The Kier molecular flexibility index (Phi) is 5.58. The quantitative estimate of drug-likeness (QED) is 0.177. The summed E-state index contributed by atoms with van der Waals surface area (Å²) >= 11 is 0. The number of hydrogen-bond donors (Lipinski definition) is 0. The molecule has 0 spiro atoms. The van der Waals surface area contributed by atoms with Gasteiger partial charge in [0.2, 0.25) is 5.71 Å². The Morgan fingerprint density at radius 2 is 1.19 bits per heavy atom. The minimum absolute atomic E-state index is 0.0476. The van der Waals surface area contributed by atoms with Crippen molar-refractivity contribution in [1.29, 1.82) is 0 Å². The summed E-state index contributed by atoms with van der Waals surface area (Å²) in [6, 6.07) is 47.2. The molecule has 0 aliphatic heterocycles. The van der Waals surface area contributed by atoms with Crippen LogP contribution in [0.3, 0.4) is 0 Å². The molecule has 7 aromatic carbocycles. The van der Waals surface area contributed by atoms with E-state index in [1.54, 1.807) is 17.0 Å². The van der Waals surface area contributed by atoms with Crippen molar-refractivity contribution in [3.8, 4) is 33.8 Å². The highest BCUT2D eigenvalue weighted by Crippen LogP contribution is 2.42. The summed E-state index contributed by atoms with van der Waals surface area (Å²) in [5.41, 5.74) is 8.75. The van der Waals surface area contributed by atoms with Crippen LogP contribution in [0.2, 0.25) is 0 Å². The first-order chi connectivity index (χ1) is 25.9. The lowest BCUT2D eigenvalue weighted by atomic mass is 10.0. The zero-order valence-corrected chi connectivity index (χ0v) is 25.6. The highest BCUT2D eigenvalue weighted by Gasteiger charge is 2.22. The van der Waals surface area contributed by atoms with Crippen molar-refractivity contribution in [2.45, 2.75) is 0 Å². The van der Waals surface area contributed by atoms with E-state index in [1.165, 1.54) is 0 Å². The van der Waals surface area contributed by atoms with Gasteiger partial charge in [-0.05, 0) is 83.9 Å². The Hall–Kier alpha value is -6.52. The highest BCUT2D eigenvalue weighted by molar-refractivity contribution is 6.08. The van der Waals surface area contributed by atoms with Crippen LogP contribution < -0.4 is 9.64 Å². The van der Waals surface area contributed by atoms with E-state index in [1.807, 2.05) is 109 Å². The molecule has 4 nitrogen and oxygen atoms in total. The van der Waals surface area contributed by atoms with Crippen LogP contribution in [-0.2, 0) is 0 Å². The lowest BCUT2D eigenvalue weighted by Gasteiger charge is -2.26. The van der Waals surface area contributed by atoms with E-state index in [-0.39, 0.29) is 17.8 Å². The van der Waals surface area contributed by atoms with Crippen molar-refractivity contribution in [2.75, 3.05) is 4.90 Å². The molecule has 9 rings (SSSR count). The van der Waals surface area contributed by atoms with Crippen molar-refractivity contribution in [2.24, 2.45) is 0 Å². The molecule has 228 valence electrons. The maximum Gasteiger partial charge on any atom is 0.213 e. The number of ether oxygens (including phenoxy) is 1. The average molecular weight is 624 g/mol. The van der Waals surface area contributed by atoms with Gasteiger partial charge in [0, 0.05) is 28.0 Å². The first-order valence-corrected chi connectivity index (χ1v) is 15.7. The minimum atomic E-state index is -0.446. The maximum atomic E-state index is 8.86. The predicted molar refractivity (Wildman–Crippen MR) is 197 cm³/mol. The van der Waals surface area contributed by atoms with E-state index in [4.69, 9.17) is 16.0 Å². The highest BCUT2D eigenvalue weighted by atomic mass is 16.5. The van der Waals surface area contributed by atoms with E-state index in [0.29, 0.717) is 22.9 Å². The second-order valence-corrected chi connectivity index (χ2v) is 11.4. The molecule has 0 aliphatic rings. The topological polar surface area (TPSA) is 30.0 Å². The van der Waals surface area contributed by atoms with Gasteiger partial charge in [-0.15, -0.1) is 0 Å². The Labute approximate surface area is 285 Å². The Bertz CT molecular complexity index is 2770. The summed E-state index contributed by atoms with van der Waals surface area (Å²) in [7, 11) is 0. The molecule has 0 saturated heterocycles. The summed E-state index contributed by atoms with van der Waals surface area (Å²) in [4.78, 5) is 1.69. The molecular formula is C44H30N2O2. The first-order valence-electron chi connectivity index (χ1n) is 18.2. The van der Waals surface area contributed by atoms with Crippen molar-refractivity contribution in [1.82, 2.24) is 4.40 Å². The third-order valence-corrected chi connectivity index (χ3v) is 8.54. The number of aromatic nitrogens is 1. The number of nitrogens with zero attached hydrogens (tertiary/aromatic N) is 2. The van der Waals surface area contributed by atoms with Crippen LogP contribution in [0.15, 0.2) is 186 Å². The van der Waals surface area contributed by atoms with Crippen molar-refractivity contribution >= 4 is 44.8 Å². The molecule has 0 N–H and O–H groups in total. The molecule has 0 fully saturated rings. The van der Waals surface area contributed by atoms with Crippen molar-refractivity contribution in [3.05, 3.63) is 182 Å². The van der Waals surface area contributed by atoms with Gasteiger partial charge in [0.25, 0.3) is 0 Å². The van der Waals surface area contributed by atoms with Gasteiger partial charge in [-0.3, -0.25) is 4.40 Å². The molecule has 0 unspecified atom stereocenters. The van der Waals surface area contributed by atoms with Gasteiger partial charge in [0.1, 0.15) is 11.5 Å². The normalized spacial score (nSPS) is 12.8. The number of para-hydroxylation sites is 4. The molecule has 2 heterocycles. The molecule has 9 aromatic rings. The zero-order chi connectivity index (χ0) is 36.2. The minimum Gasteiger partial charge on any atom is -0.457 e. The van der Waals surface area contributed by atoms with E-state index >= 15 is 0 Å². The Morgan fingerprint density at radius 3 is 1.94 bits per heavy atom. The van der Waals surface area contributed by atoms with Crippen LogP contribution in [0.1, 0.15) is 6.85 Å². The van der Waals surface area contributed by atoms with Crippen LogP contribution in [0, 0.1) is 0 Å². The standard InChI is InChI=1S/C44H30N2O2/c1-4-13-32(14-5-1)42-39-19-10-11-21-40(39)46-43-38(20-12-22-41(43)48-44(42)46)31-23-25-34(26-24-31)45(33-15-6-2-7-16-33)35-27-29-37(30-28-35)47-36-17-8-3-9-18-36/h1-30H/i2D,6D,7D,15D,16D. The van der Waals surface area contributed by atoms with Crippen LogP contribution in [0.4, 0.5) is 17.1 Å². The number of benzene rings is 7. The lowest BCUT2D eigenvalue weighted by molar-refractivity contribution is 0.483. The van der Waals surface area contributed by atoms with E-state index in [0.717, 1.165) is 50.0 Å². The number of anilines is 3. The zero-order valence-electron chi connectivity index (χ0n) is 30.6. The first kappa shape index (κ1) is 22.9. The van der Waals surface area contributed by atoms with Gasteiger partial charge in [0.15, 0.2) is 5.58 Å². The lowest BCUT2D eigenvalue weighted by Crippen LogP contribution is -2.09. The average Bonchev–Trinajstić information content (AvgIpc) is 3.74. The molecule has 0 radical (unpaired) electrons. The van der Waals surface area contributed by atoms with E-state index in [9.17, 15) is 0 Å². The van der Waals surface area contributed by atoms with Crippen molar-refractivity contribution in [3.63, 3.8) is 0 Å². The predicted octanol–water partition coefficient (Wildman–Crippen LogP) is 12.4. The summed E-state index contributed by atoms with van der Waals surface area (Å²) in [6.07, 6.45) is 0. The number of rotatable bonds is 7. The molecule has 0 bridgehead atoms. The summed E-state index contributed by atoms with van der Waals surface area (Å²) in [5, 5.41) is 1.10. The third-order valence-electron chi connectivity index (χ3n) is 8.54. The second kappa shape index (κ2) is 11.7. The number of fused-ring (bicyclic) bond motifs is 5. The van der Waals surface area contributed by atoms with Gasteiger partial charge >= 0.3 is 0 Å². The monoisotopic (exact) mass is 623 g/mol. The summed E-state index contributed by atoms with van der Waals surface area (Å²) in [5.74, 6) is 1.29. The number of oxazole rings is 1. The van der Waals surface area contributed by atoms with Gasteiger partial charge in [-0.2, -0.15) is 0 Å². The summed E-state index contributed by atoms with van der Waals surface area (Å²) < 4.78 is 57.6. The smallest absolute Gasteiger partial charge is 0.213 e. The maximum absolute atomic E-state index is 8.86.